The molecule has 2 unspecified atom stereocenters. The van der Waals surface area contributed by atoms with Gasteiger partial charge in [-0.2, -0.15) is 0 Å². The van der Waals surface area contributed by atoms with Gasteiger partial charge in [0.1, 0.15) is 6.04 Å². The van der Waals surface area contributed by atoms with Crippen LogP contribution in [-0.4, -0.2) is 28.2 Å². The molecule has 0 amide bonds. The Bertz CT molecular complexity index is 426. The van der Waals surface area contributed by atoms with Gasteiger partial charge in [0, 0.05) is 12.1 Å². The van der Waals surface area contributed by atoms with Gasteiger partial charge in [0.05, 0.1) is 24.8 Å². The number of imidazole rings is 1. The third-order valence-corrected chi connectivity index (χ3v) is 3.52. The van der Waals surface area contributed by atoms with Crippen molar-refractivity contribution < 1.29 is 9.53 Å². The second-order valence-corrected chi connectivity index (χ2v) is 5.12. The van der Waals surface area contributed by atoms with Crippen LogP contribution in [0.25, 0.3) is 0 Å². The van der Waals surface area contributed by atoms with E-state index in [4.69, 9.17) is 4.74 Å². The molecule has 0 radical (unpaired) electrons. The Balaban J connectivity index is 2.19. The highest BCUT2D eigenvalue weighted by Crippen LogP contribution is 2.37. The van der Waals surface area contributed by atoms with Crippen LogP contribution < -0.4 is 5.32 Å². The molecule has 106 valence electrons. The highest BCUT2D eigenvalue weighted by Gasteiger charge is 2.32. The van der Waals surface area contributed by atoms with Gasteiger partial charge in [0.25, 0.3) is 0 Å². The summed E-state index contributed by atoms with van der Waals surface area (Å²) in [4.78, 5) is 16.4. The third kappa shape index (κ3) is 3.35. The molecular formula is C14H23N3O2. The number of carbonyl (C=O) groups is 1. The Labute approximate surface area is 114 Å². The summed E-state index contributed by atoms with van der Waals surface area (Å²) < 4.78 is 7.29. The highest BCUT2D eigenvalue weighted by molar-refractivity contribution is 5.77. The Hall–Kier alpha value is -1.36. The predicted octanol–water partition coefficient (Wildman–Crippen LogP) is 2.21. The van der Waals surface area contributed by atoms with Crippen LogP contribution in [0.5, 0.6) is 0 Å². The normalized spacial score (nSPS) is 18.1. The number of nitrogens with zero attached hydrogens (tertiary/aromatic N) is 2. The first kappa shape index (κ1) is 14.1. The van der Waals surface area contributed by atoms with Gasteiger partial charge >= 0.3 is 5.97 Å². The molecule has 5 nitrogen and oxygen atoms in total. The summed E-state index contributed by atoms with van der Waals surface area (Å²) in [5.41, 5.74) is 0.918. The van der Waals surface area contributed by atoms with Gasteiger partial charge in [0.15, 0.2) is 0 Å². The van der Waals surface area contributed by atoms with Crippen LogP contribution in [0, 0.1) is 0 Å². The summed E-state index contributed by atoms with van der Waals surface area (Å²) in [5, 5.41) is 3.34. The molecular weight excluding hydrogens is 242 g/mol. The van der Waals surface area contributed by atoms with Crippen LogP contribution in [0.4, 0.5) is 0 Å². The lowest BCUT2D eigenvalue weighted by Crippen LogP contribution is -2.37. The number of hydrogen-bond acceptors (Lipinski definition) is 4. The summed E-state index contributed by atoms with van der Waals surface area (Å²) >= 11 is 0. The fourth-order valence-electron chi connectivity index (χ4n) is 2.10. The molecule has 0 aliphatic heterocycles. The maximum absolute atomic E-state index is 12.2. The van der Waals surface area contributed by atoms with Gasteiger partial charge in [-0.15, -0.1) is 0 Å². The average molecular weight is 265 g/mol. The molecule has 1 aliphatic carbocycles. The summed E-state index contributed by atoms with van der Waals surface area (Å²) in [6.07, 6.45) is 6.89. The predicted molar refractivity (Wildman–Crippen MR) is 72.8 cm³/mol. The van der Waals surface area contributed by atoms with Crippen molar-refractivity contribution in [3.8, 4) is 0 Å². The Kier molecular flexibility index (Phi) is 4.58. The molecule has 1 saturated carbocycles. The standard InChI is InChI=1S/C14H23N3O2/c1-4-10(3)16-13(14(18)19-5-2)12-8-15-9-17(12)11-6-7-11/h8-11,13,16H,4-7H2,1-3H3. The van der Waals surface area contributed by atoms with Crippen molar-refractivity contribution in [3.05, 3.63) is 18.2 Å². The minimum Gasteiger partial charge on any atom is -0.465 e. The number of nitrogens with one attached hydrogen (secondary N) is 1. The van der Waals surface area contributed by atoms with E-state index in [1.54, 1.807) is 6.20 Å². The first-order valence-corrected chi connectivity index (χ1v) is 7.11. The van der Waals surface area contributed by atoms with Crippen molar-refractivity contribution in [2.24, 2.45) is 0 Å². The summed E-state index contributed by atoms with van der Waals surface area (Å²) in [6, 6.07) is 0.350. The van der Waals surface area contributed by atoms with Crippen molar-refractivity contribution in [1.29, 1.82) is 0 Å². The maximum atomic E-state index is 12.2. The summed E-state index contributed by atoms with van der Waals surface area (Å²) in [6.45, 7) is 6.40. The van der Waals surface area contributed by atoms with Crippen molar-refractivity contribution >= 4 is 5.97 Å². The maximum Gasteiger partial charge on any atom is 0.329 e. The molecule has 0 spiro atoms. The minimum absolute atomic E-state index is 0.217. The van der Waals surface area contributed by atoms with E-state index in [-0.39, 0.29) is 12.0 Å². The molecule has 0 bridgehead atoms. The molecule has 1 fully saturated rings. The van der Waals surface area contributed by atoms with Gasteiger partial charge in [0.2, 0.25) is 0 Å². The van der Waals surface area contributed by atoms with Gasteiger partial charge in [-0.25, -0.2) is 9.78 Å². The fourth-order valence-corrected chi connectivity index (χ4v) is 2.10. The first-order valence-electron chi connectivity index (χ1n) is 7.11. The average Bonchev–Trinajstić information content (AvgIpc) is 3.14. The Morgan fingerprint density at radius 1 is 1.58 bits per heavy atom. The SMILES string of the molecule is CCOC(=O)C(NC(C)CC)c1cncn1C1CC1. The van der Waals surface area contributed by atoms with Crippen molar-refractivity contribution in [1.82, 2.24) is 14.9 Å². The topological polar surface area (TPSA) is 56.1 Å². The molecule has 1 heterocycles. The molecule has 0 aromatic carbocycles. The lowest BCUT2D eigenvalue weighted by atomic mass is 10.1. The third-order valence-electron chi connectivity index (χ3n) is 3.52. The van der Waals surface area contributed by atoms with Crippen LogP contribution in [-0.2, 0) is 9.53 Å². The monoisotopic (exact) mass is 265 g/mol. The summed E-state index contributed by atoms with van der Waals surface area (Å²) in [5.74, 6) is -0.217. The second kappa shape index (κ2) is 6.19. The van der Waals surface area contributed by atoms with E-state index in [1.807, 2.05) is 13.3 Å². The first-order chi connectivity index (χ1) is 9.17. The van der Waals surface area contributed by atoms with E-state index < -0.39 is 6.04 Å². The van der Waals surface area contributed by atoms with Crippen LogP contribution in [0.3, 0.4) is 0 Å². The molecule has 0 saturated heterocycles. The molecule has 2 atom stereocenters. The number of aromatic nitrogens is 2. The second-order valence-electron chi connectivity index (χ2n) is 5.12. The quantitative estimate of drug-likeness (QED) is 0.768. The molecule has 5 heteroatoms. The molecule has 1 aromatic rings. The van der Waals surface area contributed by atoms with Gasteiger partial charge in [-0.3, -0.25) is 5.32 Å². The van der Waals surface area contributed by atoms with E-state index in [2.05, 4.69) is 28.7 Å². The number of hydrogen-bond donors (Lipinski definition) is 1. The smallest absolute Gasteiger partial charge is 0.329 e. The van der Waals surface area contributed by atoms with E-state index in [9.17, 15) is 4.79 Å². The van der Waals surface area contributed by atoms with E-state index >= 15 is 0 Å². The number of carbonyl (C=O) groups excluding carboxylic acids is 1. The van der Waals surface area contributed by atoms with E-state index in [0.29, 0.717) is 12.6 Å². The van der Waals surface area contributed by atoms with Crippen molar-refractivity contribution in [2.45, 2.75) is 58.2 Å². The largest absolute Gasteiger partial charge is 0.465 e. The zero-order chi connectivity index (χ0) is 13.8. The molecule has 1 N–H and O–H groups in total. The van der Waals surface area contributed by atoms with Crippen LogP contribution in [0.1, 0.15) is 57.8 Å². The molecule has 1 aliphatic rings. The van der Waals surface area contributed by atoms with E-state index in [1.165, 1.54) is 12.8 Å². The van der Waals surface area contributed by atoms with Gasteiger partial charge in [-0.05, 0) is 33.1 Å². The molecule has 2 rings (SSSR count). The zero-order valence-corrected chi connectivity index (χ0v) is 11.9. The molecule has 1 aromatic heterocycles. The van der Waals surface area contributed by atoms with Crippen molar-refractivity contribution in [2.75, 3.05) is 6.61 Å². The van der Waals surface area contributed by atoms with Crippen LogP contribution in [0.2, 0.25) is 0 Å². The Morgan fingerprint density at radius 3 is 2.89 bits per heavy atom. The van der Waals surface area contributed by atoms with E-state index in [0.717, 1.165) is 12.1 Å². The zero-order valence-electron chi connectivity index (χ0n) is 11.9. The number of esters is 1. The molecule has 19 heavy (non-hydrogen) atoms. The van der Waals surface area contributed by atoms with Gasteiger partial charge in [-0.1, -0.05) is 6.92 Å². The van der Waals surface area contributed by atoms with Gasteiger partial charge < -0.3 is 9.30 Å². The van der Waals surface area contributed by atoms with Crippen molar-refractivity contribution in [3.63, 3.8) is 0 Å². The Morgan fingerprint density at radius 2 is 2.32 bits per heavy atom. The lowest BCUT2D eigenvalue weighted by Gasteiger charge is -2.22. The summed E-state index contributed by atoms with van der Waals surface area (Å²) in [7, 11) is 0. The number of rotatable bonds is 7. The van der Waals surface area contributed by atoms with Crippen LogP contribution >= 0.6 is 0 Å². The minimum atomic E-state index is -0.419. The highest BCUT2D eigenvalue weighted by atomic mass is 16.5. The fraction of sp³-hybridized carbons (Fsp3) is 0.714. The number of ether oxygens (including phenoxy) is 1. The lowest BCUT2D eigenvalue weighted by molar-refractivity contribution is -0.146. The van der Waals surface area contributed by atoms with Crippen LogP contribution in [0.15, 0.2) is 12.5 Å².